The molecule has 0 saturated carbocycles. The van der Waals surface area contributed by atoms with E-state index < -0.39 is 9.71 Å². The first-order valence-corrected chi connectivity index (χ1v) is 8.95. The zero-order chi connectivity index (χ0) is 14.8. The summed E-state index contributed by atoms with van der Waals surface area (Å²) < 4.78 is 14.3. The molecule has 18 heavy (non-hydrogen) atoms. The molecule has 2 atom stereocenters. The zero-order valence-electron chi connectivity index (χ0n) is 13.7. The Hall–Kier alpha value is -0.0200. The van der Waals surface area contributed by atoms with Crippen molar-refractivity contribution in [1.82, 2.24) is 4.31 Å². The number of nitrogens with zero attached hydrogens (tertiary/aromatic N) is 1. The Bertz CT molecular complexity index is 344. The van der Waals surface area contributed by atoms with E-state index in [4.69, 9.17) is 0 Å². The first-order chi connectivity index (χ1) is 7.76. The molecular formula is C15H33NOS. The smallest absolute Gasteiger partial charge is 0.0250 e. The van der Waals surface area contributed by atoms with Gasteiger partial charge in [0, 0.05) is 28.0 Å². The number of hydrogen-bond donors (Lipinski definition) is 0. The second-order valence-corrected chi connectivity index (χ2v) is 10.0. The van der Waals surface area contributed by atoms with Gasteiger partial charge in [-0.1, -0.05) is 27.7 Å². The molecule has 110 valence electrons. The Kier molecular flexibility index (Phi) is 5.95. The Labute approximate surface area is 115 Å². The van der Waals surface area contributed by atoms with E-state index in [9.17, 15) is 4.21 Å². The highest BCUT2D eigenvalue weighted by Gasteiger charge is 2.26. The maximum atomic E-state index is 12.2. The Morgan fingerprint density at radius 1 is 1.17 bits per heavy atom. The van der Waals surface area contributed by atoms with Gasteiger partial charge in [-0.2, -0.15) is 0 Å². The van der Waals surface area contributed by atoms with Crippen LogP contribution in [0.5, 0.6) is 0 Å². The Morgan fingerprint density at radius 2 is 1.61 bits per heavy atom. The topological polar surface area (TPSA) is 20.3 Å². The SMILES string of the molecule is C=S(C)(=O)N(CCC[C@@H](C)C(C)(C)C)C(C)(C)C. The van der Waals surface area contributed by atoms with Crippen LogP contribution in [0.15, 0.2) is 0 Å². The van der Waals surface area contributed by atoms with Crippen LogP contribution in [0.25, 0.3) is 0 Å². The maximum absolute atomic E-state index is 12.2. The van der Waals surface area contributed by atoms with Gasteiger partial charge in [0.1, 0.15) is 0 Å². The van der Waals surface area contributed by atoms with Gasteiger partial charge < -0.3 is 0 Å². The molecule has 0 radical (unpaired) electrons. The van der Waals surface area contributed by atoms with Crippen molar-refractivity contribution < 1.29 is 4.21 Å². The molecule has 0 fully saturated rings. The largest absolute Gasteiger partial charge is 0.253 e. The van der Waals surface area contributed by atoms with E-state index in [1.54, 1.807) is 6.26 Å². The second kappa shape index (κ2) is 5.96. The molecule has 0 heterocycles. The van der Waals surface area contributed by atoms with Crippen molar-refractivity contribution in [2.75, 3.05) is 12.8 Å². The lowest BCUT2D eigenvalue weighted by Gasteiger charge is -2.37. The highest BCUT2D eigenvalue weighted by atomic mass is 32.2. The van der Waals surface area contributed by atoms with E-state index in [1.807, 2.05) is 0 Å². The molecule has 0 spiro atoms. The van der Waals surface area contributed by atoms with Crippen LogP contribution in [-0.4, -0.2) is 32.7 Å². The molecule has 0 rings (SSSR count). The maximum Gasteiger partial charge on any atom is 0.0250 e. The molecule has 0 N–H and O–H groups in total. The minimum Gasteiger partial charge on any atom is -0.253 e. The summed E-state index contributed by atoms with van der Waals surface area (Å²) >= 11 is 0. The van der Waals surface area contributed by atoms with E-state index in [0.717, 1.165) is 13.0 Å². The minimum atomic E-state index is -2.12. The lowest BCUT2D eigenvalue weighted by atomic mass is 9.79. The van der Waals surface area contributed by atoms with Crippen LogP contribution in [0.1, 0.15) is 61.3 Å². The molecule has 0 saturated heterocycles. The van der Waals surface area contributed by atoms with E-state index in [2.05, 4.69) is 58.6 Å². The molecule has 0 aromatic rings. The molecule has 0 aliphatic carbocycles. The summed E-state index contributed by atoms with van der Waals surface area (Å²) in [4.78, 5) is 0. The van der Waals surface area contributed by atoms with Gasteiger partial charge in [-0.25, -0.2) is 4.31 Å². The molecule has 3 heteroatoms. The summed E-state index contributed by atoms with van der Waals surface area (Å²) in [5, 5.41) is 0. The molecule has 0 aromatic heterocycles. The van der Waals surface area contributed by atoms with Crippen LogP contribution >= 0.6 is 0 Å². The van der Waals surface area contributed by atoms with Crippen LogP contribution in [-0.2, 0) is 9.71 Å². The highest BCUT2D eigenvalue weighted by molar-refractivity contribution is 7.97. The molecule has 0 bridgehead atoms. The quantitative estimate of drug-likeness (QED) is 0.699. The summed E-state index contributed by atoms with van der Waals surface area (Å²) in [6.07, 6.45) is 3.99. The number of hydrogen-bond acceptors (Lipinski definition) is 1. The monoisotopic (exact) mass is 275 g/mol. The average Bonchev–Trinajstić information content (AvgIpc) is 2.05. The minimum absolute atomic E-state index is 0.0848. The third kappa shape index (κ3) is 6.24. The van der Waals surface area contributed by atoms with Crippen molar-refractivity contribution in [2.24, 2.45) is 11.3 Å². The summed E-state index contributed by atoms with van der Waals surface area (Å²) in [7, 11) is -2.12. The van der Waals surface area contributed by atoms with Gasteiger partial charge in [-0.15, -0.1) is 0 Å². The lowest BCUT2D eigenvalue weighted by molar-refractivity contribution is 0.216. The van der Waals surface area contributed by atoms with Gasteiger partial charge in [0.15, 0.2) is 0 Å². The molecule has 2 nitrogen and oxygen atoms in total. The first kappa shape index (κ1) is 18.0. The van der Waals surface area contributed by atoms with Crippen LogP contribution in [0.4, 0.5) is 0 Å². The summed E-state index contributed by atoms with van der Waals surface area (Å²) in [6.45, 7) is 16.3. The second-order valence-electron chi connectivity index (χ2n) is 7.64. The van der Waals surface area contributed by atoms with E-state index in [1.165, 1.54) is 6.42 Å². The van der Waals surface area contributed by atoms with Crippen molar-refractivity contribution in [3.05, 3.63) is 0 Å². The predicted molar refractivity (Wildman–Crippen MR) is 85.5 cm³/mol. The molecule has 0 aliphatic heterocycles. The molecule has 0 amide bonds. The van der Waals surface area contributed by atoms with Crippen LogP contribution in [0.2, 0.25) is 0 Å². The van der Waals surface area contributed by atoms with Gasteiger partial charge in [-0.3, -0.25) is 4.21 Å². The van der Waals surface area contributed by atoms with Crippen molar-refractivity contribution in [3.63, 3.8) is 0 Å². The molecular weight excluding hydrogens is 242 g/mol. The summed E-state index contributed by atoms with van der Waals surface area (Å²) in [5.41, 5.74) is 0.267. The fourth-order valence-corrected chi connectivity index (χ4v) is 3.76. The lowest BCUT2D eigenvalue weighted by Crippen LogP contribution is -2.45. The van der Waals surface area contributed by atoms with E-state index in [0.29, 0.717) is 11.3 Å². The van der Waals surface area contributed by atoms with Crippen molar-refractivity contribution in [3.8, 4) is 0 Å². The van der Waals surface area contributed by atoms with Crippen molar-refractivity contribution in [2.45, 2.75) is 66.8 Å². The zero-order valence-corrected chi connectivity index (χ0v) is 14.5. The fraction of sp³-hybridized carbons (Fsp3) is 0.933. The Morgan fingerprint density at radius 3 is 1.89 bits per heavy atom. The first-order valence-electron chi connectivity index (χ1n) is 6.86. The van der Waals surface area contributed by atoms with E-state index >= 15 is 0 Å². The number of rotatable bonds is 5. The van der Waals surface area contributed by atoms with Gasteiger partial charge in [0.25, 0.3) is 0 Å². The normalized spacial score (nSPS) is 18.7. The molecule has 1 unspecified atom stereocenters. The van der Waals surface area contributed by atoms with Gasteiger partial charge in [-0.05, 0) is 50.8 Å². The highest BCUT2D eigenvalue weighted by Crippen LogP contribution is 2.29. The third-order valence-corrected chi connectivity index (χ3v) is 5.35. The van der Waals surface area contributed by atoms with E-state index in [-0.39, 0.29) is 5.54 Å². The molecule has 0 aromatic carbocycles. The van der Waals surface area contributed by atoms with Crippen LogP contribution in [0.3, 0.4) is 0 Å². The third-order valence-electron chi connectivity index (χ3n) is 3.69. The van der Waals surface area contributed by atoms with Crippen LogP contribution in [0, 0.1) is 11.3 Å². The standard InChI is InChI=1S/C15H33NOS/c1-13(14(2,3)4)11-10-12-16(15(5,6)7)18(8,9)17/h13H,8,10-12H2,1-7,9H3/t13-,18?/m1/s1. The summed E-state index contributed by atoms with van der Waals surface area (Å²) in [6, 6.07) is 0. The van der Waals surface area contributed by atoms with Crippen LogP contribution < -0.4 is 0 Å². The summed E-state index contributed by atoms with van der Waals surface area (Å²) in [5.74, 6) is 4.52. The fourth-order valence-electron chi connectivity index (χ4n) is 2.08. The van der Waals surface area contributed by atoms with Gasteiger partial charge >= 0.3 is 0 Å². The Balaban J connectivity index is 4.50. The van der Waals surface area contributed by atoms with Crippen molar-refractivity contribution >= 4 is 15.6 Å². The van der Waals surface area contributed by atoms with Crippen molar-refractivity contribution in [1.29, 1.82) is 0 Å². The predicted octanol–water partition coefficient (Wildman–Crippen LogP) is 3.81. The van der Waals surface area contributed by atoms with Gasteiger partial charge in [0.2, 0.25) is 0 Å². The van der Waals surface area contributed by atoms with Gasteiger partial charge in [0.05, 0.1) is 0 Å². The average molecular weight is 276 g/mol. The molecule has 0 aliphatic rings.